The van der Waals surface area contributed by atoms with E-state index < -0.39 is 28.5 Å². The Morgan fingerprint density at radius 1 is 1.39 bits per heavy atom. The van der Waals surface area contributed by atoms with E-state index in [0.717, 1.165) is 6.07 Å². The fraction of sp³-hybridized carbons (Fsp3) is 0.385. The molecule has 1 atom stereocenters. The fourth-order valence-corrected chi connectivity index (χ4v) is 2.60. The summed E-state index contributed by atoms with van der Waals surface area (Å²) >= 11 is 3.11. The summed E-state index contributed by atoms with van der Waals surface area (Å²) < 4.78 is 32.6. The van der Waals surface area contributed by atoms with Gasteiger partial charge in [-0.1, -0.05) is 0 Å². The number of nitrogens with two attached hydrogens (primary N) is 1. The van der Waals surface area contributed by atoms with Crippen LogP contribution in [0.25, 0.3) is 0 Å². The Kier molecular flexibility index (Phi) is 7.13. The van der Waals surface area contributed by atoms with Crippen LogP contribution in [-0.4, -0.2) is 46.7 Å². The first kappa shape index (κ1) is 19.6. The topological polar surface area (TPSA) is 125 Å². The molecule has 1 unspecified atom stereocenters. The lowest BCUT2D eigenvalue weighted by molar-refractivity contribution is -0.125. The van der Waals surface area contributed by atoms with Crippen molar-refractivity contribution in [3.8, 4) is 0 Å². The van der Waals surface area contributed by atoms with Crippen molar-refractivity contribution in [2.75, 3.05) is 20.3 Å². The summed E-state index contributed by atoms with van der Waals surface area (Å²) in [5.41, 5.74) is -0.0470. The smallest absolute Gasteiger partial charge is 0.339 e. The quantitative estimate of drug-likeness (QED) is 0.629. The van der Waals surface area contributed by atoms with E-state index in [1.54, 1.807) is 6.92 Å². The Hall–Kier alpha value is -1.49. The molecule has 0 aromatic heterocycles. The number of hydrogen-bond donors (Lipinski definition) is 2. The van der Waals surface area contributed by atoms with Gasteiger partial charge in [-0.05, 0) is 41.1 Å². The second-order valence-electron chi connectivity index (χ2n) is 4.69. The molecule has 0 aliphatic heterocycles. The number of nitrogens with one attached hydrogen (secondary N) is 1. The van der Waals surface area contributed by atoms with E-state index in [9.17, 15) is 18.0 Å². The minimum Gasteiger partial charge on any atom is -0.452 e. The van der Waals surface area contributed by atoms with Crippen molar-refractivity contribution >= 4 is 37.8 Å². The first-order chi connectivity index (χ1) is 10.6. The molecule has 0 aliphatic rings. The number of sulfonamides is 1. The van der Waals surface area contributed by atoms with Crippen LogP contribution in [0.4, 0.5) is 0 Å². The average Bonchev–Trinajstić information content (AvgIpc) is 2.44. The summed E-state index contributed by atoms with van der Waals surface area (Å²) in [6.45, 7) is 1.55. The van der Waals surface area contributed by atoms with E-state index in [0.29, 0.717) is 11.1 Å². The second kappa shape index (κ2) is 8.39. The van der Waals surface area contributed by atoms with E-state index in [4.69, 9.17) is 14.6 Å². The highest BCUT2D eigenvalue weighted by molar-refractivity contribution is 9.10. The van der Waals surface area contributed by atoms with E-state index in [-0.39, 0.29) is 16.5 Å². The first-order valence-electron chi connectivity index (χ1n) is 6.43. The molecule has 1 aromatic carbocycles. The molecule has 10 heteroatoms. The van der Waals surface area contributed by atoms with Gasteiger partial charge in [-0.3, -0.25) is 4.79 Å². The van der Waals surface area contributed by atoms with Gasteiger partial charge in [-0.25, -0.2) is 18.4 Å². The van der Waals surface area contributed by atoms with Gasteiger partial charge >= 0.3 is 5.97 Å². The predicted molar refractivity (Wildman–Crippen MR) is 85.3 cm³/mol. The lowest BCUT2D eigenvalue weighted by Crippen LogP contribution is -2.38. The highest BCUT2D eigenvalue weighted by Crippen LogP contribution is 2.21. The third-order valence-corrected chi connectivity index (χ3v) is 4.25. The number of primary sulfonamides is 1. The number of halogens is 1. The molecule has 128 valence electrons. The molecule has 1 amide bonds. The molecule has 23 heavy (non-hydrogen) atoms. The average molecular weight is 409 g/mol. The van der Waals surface area contributed by atoms with Gasteiger partial charge in [-0.2, -0.15) is 0 Å². The molecule has 0 spiro atoms. The zero-order valence-electron chi connectivity index (χ0n) is 12.5. The van der Waals surface area contributed by atoms with Crippen LogP contribution in [0.15, 0.2) is 27.6 Å². The number of methoxy groups -OCH3 is 1. The van der Waals surface area contributed by atoms with Gasteiger partial charge in [0.25, 0.3) is 5.91 Å². The number of benzene rings is 1. The van der Waals surface area contributed by atoms with Crippen LogP contribution < -0.4 is 10.5 Å². The first-order valence-corrected chi connectivity index (χ1v) is 8.77. The van der Waals surface area contributed by atoms with E-state index in [1.807, 2.05) is 0 Å². The summed E-state index contributed by atoms with van der Waals surface area (Å²) in [6, 6.07) is 3.45. The van der Waals surface area contributed by atoms with E-state index in [1.165, 1.54) is 19.2 Å². The second-order valence-corrected chi connectivity index (χ2v) is 7.10. The van der Waals surface area contributed by atoms with Gasteiger partial charge in [0.1, 0.15) is 0 Å². The minimum absolute atomic E-state index is 0.0470. The Morgan fingerprint density at radius 2 is 2.04 bits per heavy atom. The molecule has 0 radical (unpaired) electrons. The van der Waals surface area contributed by atoms with Crippen molar-refractivity contribution < 1.29 is 27.5 Å². The number of ether oxygens (including phenoxy) is 2. The molecule has 0 saturated heterocycles. The Balaban J connectivity index is 2.73. The molecule has 1 rings (SSSR count). The zero-order valence-corrected chi connectivity index (χ0v) is 14.9. The van der Waals surface area contributed by atoms with E-state index >= 15 is 0 Å². The monoisotopic (exact) mass is 408 g/mol. The molecule has 0 saturated carbocycles. The van der Waals surface area contributed by atoms with Gasteiger partial charge in [0.15, 0.2) is 6.61 Å². The van der Waals surface area contributed by atoms with Crippen molar-refractivity contribution in [1.82, 2.24) is 5.32 Å². The Morgan fingerprint density at radius 3 is 2.61 bits per heavy atom. The Bertz CT molecular complexity index is 692. The van der Waals surface area contributed by atoms with Crippen LogP contribution in [0.2, 0.25) is 0 Å². The normalized spacial score (nSPS) is 12.5. The summed E-state index contributed by atoms with van der Waals surface area (Å²) in [5.74, 6) is -1.35. The lowest BCUT2D eigenvalue weighted by Gasteiger charge is -2.13. The minimum atomic E-state index is -3.95. The molecule has 3 N–H and O–H groups in total. The number of amides is 1. The summed E-state index contributed by atoms with van der Waals surface area (Å²) in [6.07, 6.45) is 0. The van der Waals surface area contributed by atoms with Crippen LogP contribution in [0.3, 0.4) is 0 Å². The van der Waals surface area contributed by atoms with Crippen molar-refractivity contribution in [2.24, 2.45) is 5.14 Å². The molecule has 8 nitrogen and oxygen atoms in total. The highest BCUT2D eigenvalue weighted by Gasteiger charge is 2.18. The van der Waals surface area contributed by atoms with Crippen LogP contribution >= 0.6 is 15.9 Å². The molecule has 0 bridgehead atoms. The zero-order chi connectivity index (χ0) is 17.6. The SMILES string of the molecule is COCC(C)NC(=O)COC(=O)c1cc(S(N)(=O)=O)ccc1Br. The van der Waals surface area contributed by atoms with Crippen LogP contribution in [0, 0.1) is 0 Å². The summed E-state index contributed by atoms with van der Waals surface area (Å²) in [5, 5.41) is 7.58. The Labute approximate surface area is 142 Å². The molecular formula is C13H17BrN2O6S. The van der Waals surface area contributed by atoms with Gasteiger partial charge in [0.2, 0.25) is 10.0 Å². The van der Waals surface area contributed by atoms with Gasteiger partial charge in [-0.15, -0.1) is 0 Å². The van der Waals surface area contributed by atoms with Crippen LogP contribution in [0.1, 0.15) is 17.3 Å². The molecule has 0 heterocycles. The molecule has 0 aliphatic carbocycles. The van der Waals surface area contributed by atoms with Crippen molar-refractivity contribution in [2.45, 2.75) is 17.9 Å². The summed E-state index contributed by atoms with van der Waals surface area (Å²) in [7, 11) is -2.45. The van der Waals surface area contributed by atoms with Crippen molar-refractivity contribution in [3.05, 3.63) is 28.2 Å². The van der Waals surface area contributed by atoms with Gasteiger partial charge < -0.3 is 14.8 Å². The van der Waals surface area contributed by atoms with Crippen molar-refractivity contribution in [1.29, 1.82) is 0 Å². The standard InChI is InChI=1S/C13H17BrN2O6S/c1-8(6-21-2)16-12(17)7-22-13(18)10-5-9(23(15,19)20)3-4-11(10)14/h3-5,8H,6-7H2,1-2H3,(H,16,17)(H2,15,19,20). The molecular weight excluding hydrogens is 392 g/mol. The fourth-order valence-electron chi connectivity index (χ4n) is 1.65. The third kappa shape index (κ3) is 6.26. The number of carbonyl (C=O) groups is 2. The molecule has 1 aromatic rings. The summed E-state index contributed by atoms with van der Waals surface area (Å²) in [4.78, 5) is 23.3. The van der Waals surface area contributed by atoms with Crippen LogP contribution in [-0.2, 0) is 24.3 Å². The largest absolute Gasteiger partial charge is 0.452 e. The maximum absolute atomic E-state index is 12.0. The van der Waals surface area contributed by atoms with Crippen molar-refractivity contribution in [3.63, 3.8) is 0 Å². The predicted octanol–water partition coefficient (Wildman–Crippen LogP) is 0.404. The highest BCUT2D eigenvalue weighted by atomic mass is 79.9. The number of esters is 1. The number of rotatable bonds is 7. The van der Waals surface area contributed by atoms with Gasteiger partial charge in [0, 0.05) is 17.6 Å². The molecule has 0 fully saturated rings. The lowest BCUT2D eigenvalue weighted by atomic mass is 10.2. The maximum atomic E-state index is 12.0. The maximum Gasteiger partial charge on any atom is 0.339 e. The van der Waals surface area contributed by atoms with E-state index in [2.05, 4.69) is 21.2 Å². The van der Waals surface area contributed by atoms with Crippen LogP contribution in [0.5, 0.6) is 0 Å². The number of carbonyl (C=O) groups excluding carboxylic acids is 2. The van der Waals surface area contributed by atoms with Gasteiger partial charge in [0.05, 0.1) is 17.1 Å². The third-order valence-electron chi connectivity index (χ3n) is 2.64. The number of hydrogen-bond acceptors (Lipinski definition) is 6.